The average Bonchev–Trinajstić information content (AvgIpc) is 3.09. The normalized spacial score (nSPS) is 11.0. The van der Waals surface area contributed by atoms with E-state index in [-0.39, 0.29) is 0 Å². The molecule has 0 fully saturated rings. The Kier molecular flexibility index (Phi) is 5.04. The Morgan fingerprint density at radius 2 is 1.68 bits per heavy atom. The Bertz CT molecular complexity index is 934. The van der Waals surface area contributed by atoms with Crippen molar-refractivity contribution in [1.82, 2.24) is 15.0 Å². The van der Waals surface area contributed by atoms with E-state index in [1.165, 1.54) is 10.5 Å². The average molecular weight is 364 g/mol. The number of rotatable bonds is 6. The fraction of sp³-hybridized carbons (Fsp3) is 0.100. The molecule has 2 aromatic carbocycles. The second-order valence-electron chi connectivity index (χ2n) is 5.60. The maximum Gasteiger partial charge on any atom is 0.166 e. The van der Waals surface area contributed by atoms with Crippen molar-refractivity contribution in [3.05, 3.63) is 84.2 Å². The molecule has 0 spiro atoms. The summed E-state index contributed by atoms with van der Waals surface area (Å²) in [6.07, 6.45) is 1.89. The monoisotopic (exact) mass is 363 g/mol. The van der Waals surface area contributed by atoms with Gasteiger partial charge in [0.15, 0.2) is 5.16 Å². The van der Waals surface area contributed by atoms with E-state index in [9.17, 15) is 0 Å². The van der Waals surface area contributed by atoms with Crippen LogP contribution in [0.15, 0.2) is 83.0 Å². The van der Waals surface area contributed by atoms with Gasteiger partial charge in [0, 0.05) is 22.6 Å². The Balaban J connectivity index is 1.39. The van der Waals surface area contributed by atoms with Crippen LogP contribution < -0.4 is 0 Å². The molecular formula is C20H17N3S2. The molecule has 3 nitrogen and oxygen atoms in total. The summed E-state index contributed by atoms with van der Waals surface area (Å²) >= 11 is 3.52. The number of nitrogens with zero attached hydrogens (tertiary/aromatic N) is 2. The minimum atomic E-state index is 0.805. The van der Waals surface area contributed by atoms with Gasteiger partial charge in [0.05, 0.1) is 16.7 Å². The zero-order valence-corrected chi connectivity index (χ0v) is 15.2. The third-order valence-corrected chi connectivity index (χ3v) is 5.73. The summed E-state index contributed by atoms with van der Waals surface area (Å²) in [7, 11) is 0. The number of nitrogens with one attached hydrogen (secondary N) is 1. The molecule has 5 heteroatoms. The SMILES string of the molecule is c1ccc(CSc2ccnc(CSc3nc4ccccc4[nH]3)c2)cc1. The number of para-hydroxylation sites is 2. The lowest BCUT2D eigenvalue weighted by atomic mass is 10.2. The van der Waals surface area contributed by atoms with Crippen LogP contribution in [0.25, 0.3) is 11.0 Å². The van der Waals surface area contributed by atoms with Crippen molar-refractivity contribution in [3.63, 3.8) is 0 Å². The fourth-order valence-electron chi connectivity index (χ4n) is 2.51. The minimum absolute atomic E-state index is 0.805. The molecule has 1 N–H and O–H groups in total. The van der Waals surface area contributed by atoms with E-state index < -0.39 is 0 Å². The first-order chi connectivity index (χ1) is 12.4. The van der Waals surface area contributed by atoms with Gasteiger partial charge in [-0.3, -0.25) is 4.98 Å². The molecular weight excluding hydrogens is 346 g/mol. The van der Waals surface area contributed by atoms with Crippen LogP contribution in [0.4, 0.5) is 0 Å². The Morgan fingerprint density at radius 3 is 2.56 bits per heavy atom. The van der Waals surface area contributed by atoms with Crippen molar-refractivity contribution >= 4 is 34.6 Å². The molecule has 0 radical (unpaired) electrons. The summed E-state index contributed by atoms with van der Waals surface area (Å²) in [6, 6.07) is 22.9. The van der Waals surface area contributed by atoms with Crippen LogP contribution in [0.1, 0.15) is 11.3 Å². The van der Waals surface area contributed by atoms with Crippen LogP contribution in [-0.2, 0) is 11.5 Å². The van der Waals surface area contributed by atoms with Gasteiger partial charge < -0.3 is 4.98 Å². The third kappa shape index (κ3) is 4.24. The van der Waals surface area contributed by atoms with Crippen LogP contribution >= 0.6 is 23.5 Å². The molecule has 2 heterocycles. The Hall–Kier alpha value is -2.24. The molecule has 0 saturated carbocycles. The van der Waals surface area contributed by atoms with Crippen LogP contribution in [-0.4, -0.2) is 15.0 Å². The van der Waals surface area contributed by atoms with E-state index in [0.29, 0.717) is 0 Å². The number of pyridine rings is 1. The highest BCUT2D eigenvalue weighted by molar-refractivity contribution is 7.98. The number of hydrogen-bond donors (Lipinski definition) is 1. The molecule has 0 bridgehead atoms. The number of aromatic amines is 1. The lowest BCUT2D eigenvalue weighted by Gasteiger charge is -2.04. The molecule has 2 aromatic heterocycles. The number of benzene rings is 2. The molecule has 0 unspecified atom stereocenters. The van der Waals surface area contributed by atoms with Gasteiger partial charge in [-0.1, -0.05) is 54.2 Å². The van der Waals surface area contributed by atoms with Crippen molar-refractivity contribution in [3.8, 4) is 0 Å². The predicted molar refractivity (Wildman–Crippen MR) is 106 cm³/mol. The standard InChI is InChI=1S/C20H17N3S2/c1-2-6-15(7-3-1)13-24-17-10-11-21-16(12-17)14-25-20-22-18-8-4-5-9-19(18)23-20/h1-12H,13-14H2,(H,22,23). The van der Waals surface area contributed by atoms with E-state index in [0.717, 1.165) is 33.4 Å². The first-order valence-corrected chi connectivity index (χ1v) is 10.0. The number of hydrogen-bond acceptors (Lipinski definition) is 4. The second kappa shape index (κ2) is 7.76. The largest absolute Gasteiger partial charge is 0.333 e. The fourth-order valence-corrected chi connectivity index (χ4v) is 4.20. The second-order valence-corrected chi connectivity index (χ2v) is 7.62. The molecule has 124 valence electrons. The number of H-pyrrole nitrogens is 1. The summed E-state index contributed by atoms with van der Waals surface area (Å²) in [5, 5.41) is 0.936. The van der Waals surface area contributed by atoms with Gasteiger partial charge in [-0.2, -0.15) is 0 Å². The zero-order chi connectivity index (χ0) is 16.9. The number of thioether (sulfide) groups is 2. The van der Waals surface area contributed by atoms with E-state index in [2.05, 4.69) is 51.4 Å². The van der Waals surface area contributed by atoms with Gasteiger partial charge >= 0.3 is 0 Å². The smallest absolute Gasteiger partial charge is 0.166 e. The van der Waals surface area contributed by atoms with Gasteiger partial charge in [-0.25, -0.2) is 4.98 Å². The summed E-state index contributed by atoms with van der Waals surface area (Å²) in [4.78, 5) is 13.7. The maximum absolute atomic E-state index is 4.60. The maximum atomic E-state index is 4.60. The summed E-state index contributed by atoms with van der Waals surface area (Å²) in [6.45, 7) is 0. The molecule has 0 aliphatic rings. The predicted octanol–water partition coefficient (Wildman–Crippen LogP) is 5.54. The number of imidazole rings is 1. The van der Waals surface area contributed by atoms with E-state index in [1.54, 1.807) is 11.8 Å². The third-order valence-electron chi connectivity index (χ3n) is 3.76. The number of fused-ring (bicyclic) bond motifs is 1. The van der Waals surface area contributed by atoms with Crippen LogP contribution in [0.3, 0.4) is 0 Å². The van der Waals surface area contributed by atoms with Gasteiger partial charge in [-0.05, 0) is 29.8 Å². The van der Waals surface area contributed by atoms with E-state index >= 15 is 0 Å². The van der Waals surface area contributed by atoms with Crippen LogP contribution in [0.5, 0.6) is 0 Å². The number of aromatic nitrogens is 3. The van der Waals surface area contributed by atoms with Crippen LogP contribution in [0, 0.1) is 0 Å². The van der Waals surface area contributed by atoms with Gasteiger partial charge in [-0.15, -0.1) is 11.8 Å². The van der Waals surface area contributed by atoms with Crippen molar-refractivity contribution in [2.45, 2.75) is 21.6 Å². The summed E-state index contributed by atoms with van der Waals surface area (Å²) in [5.74, 6) is 1.78. The molecule has 0 aliphatic carbocycles. The molecule has 25 heavy (non-hydrogen) atoms. The van der Waals surface area contributed by atoms with Crippen molar-refractivity contribution in [2.24, 2.45) is 0 Å². The summed E-state index contributed by atoms with van der Waals surface area (Å²) in [5.41, 5.74) is 4.49. The highest BCUT2D eigenvalue weighted by Crippen LogP contribution is 2.26. The first kappa shape index (κ1) is 16.2. The first-order valence-electron chi connectivity index (χ1n) is 8.06. The highest BCUT2D eigenvalue weighted by Gasteiger charge is 2.05. The molecule has 0 aliphatic heterocycles. The lowest BCUT2D eigenvalue weighted by molar-refractivity contribution is 1.07. The molecule has 4 aromatic rings. The van der Waals surface area contributed by atoms with Crippen molar-refractivity contribution < 1.29 is 0 Å². The zero-order valence-electron chi connectivity index (χ0n) is 13.6. The van der Waals surface area contributed by atoms with Crippen molar-refractivity contribution in [1.29, 1.82) is 0 Å². The summed E-state index contributed by atoms with van der Waals surface area (Å²) < 4.78 is 0. The van der Waals surface area contributed by atoms with Gasteiger partial charge in [0.2, 0.25) is 0 Å². The Morgan fingerprint density at radius 1 is 0.840 bits per heavy atom. The lowest BCUT2D eigenvalue weighted by Crippen LogP contribution is -1.88. The molecule has 0 atom stereocenters. The van der Waals surface area contributed by atoms with Gasteiger partial charge in [0.25, 0.3) is 0 Å². The Labute approximate surface area is 155 Å². The molecule has 0 saturated heterocycles. The molecule has 0 amide bonds. The van der Waals surface area contributed by atoms with Crippen molar-refractivity contribution in [2.75, 3.05) is 0 Å². The van der Waals surface area contributed by atoms with Crippen LogP contribution in [0.2, 0.25) is 0 Å². The van der Waals surface area contributed by atoms with E-state index in [4.69, 9.17) is 0 Å². The highest BCUT2D eigenvalue weighted by atomic mass is 32.2. The molecule has 4 rings (SSSR count). The van der Waals surface area contributed by atoms with E-state index in [1.807, 2.05) is 48.3 Å². The topological polar surface area (TPSA) is 41.6 Å². The van der Waals surface area contributed by atoms with Gasteiger partial charge in [0.1, 0.15) is 0 Å². The minimum Gasteiger partial charge on any atom is -0.333 e. The quantitative estimate of drug-likeness (QED) is 0.457.